The first-order valence-electron chi connectivity index (χ1n) is 26.9. The lowest BCUT2D eigenvalue weighted by Gasteiger charge is -2.36. The molecule has 0 radical (unpaired) electrons. The molecule has 4 rings (SSSR count). The summed E-state index contributed by atoms with van der Waals surface area (Å²) in [5.41, 5.74) is -1.58. The SMILES string of the molecule is CCCC(=O)c1c(O)cc(C(C)CCCO[Si](C)(C)C(C)(C)C)oc1=O.CCCCc1ccc(C=C(CC)C(=O)c2c(O)cc(C(C)CCCO[Si](C)(C)C(C)(C)C)oc2=O)s1.CCCCc1ccc(C=O)s1.CO. The average molecular weight is 1120 g/mol. The second kappa shape index (κ2) is 33.3. The van der Waals surface area contributed by atoms with Gasteiger partial charge in [-0.3, -0.25) is 14.4 Å². The van der Waals surface area contributed by atoms with Gasteiger partial charge in [0.1, 0.15) is 34.1 Å². The first-order chi connectivity index (χ1) is 35.1. The second-order valence-electron chi connectivity index (χ2n) is 22.2. The number of unbranched alkanes of at least 4 members (excludes halogenated alkanes) is 2. The van der Waals surface area contributed by atoms with Crippen molar-refractivity contribution in [2.75, 3.05) is 20.3 Å². The van der Waals surface area contributed by atoms with Gasteiger partial charge in [0.15, 0.2) is 34.5 Å². The smallest absolute Gasteiger partial charge is 0.351 e. The Hall–Kier alpha value is -4.04. The summed E-state index contributed by atoms with van der Waals surface area (Å²) < 4.78 is 23.2. The number of carbonyl (C=O) groups is 3. The van der Waals surface area contributed by atoms with Gasteiger partial charge in [-0.1, -0.05) is 95.9 Å². The van der Waals surface area contributed by atoms with Crippen molar-refractivity contribution in [1.82, 2.24) is 0 Å². The fourth-order valence-corrected chi connectivity index (χ4v) is 11.1. The summed E-state index contributed by atoms with van der Waals surface area (Å²) >= 11 is 3.26. The third kappa shape index (κ3) is 22.8. The minimum Gasteiger partial charge on any atom is -0.507 e. The summed E-state index contributed by atoms with van der Waals surface area (Å²) in [7, 11) is -2.55. The topological polar surface area (TPSA) is 191 Å². The molecule has 16 heteroatoms. The highest BCUT2D eigenvalue weighted by Gasteiger charge is 2.38. The standard InChI is InChI=1S/C29H44O5SSi.C20H34O5Si.C9H12OS.CH4O/c1-9-11-14-22-15-16-23(35-22)18-21(10-2)27(31)26-24(30)19-25(34-28(26)32)20(3)13-12-17-33-36(7,8)29(4,5)6;1-8-10-15(21)18-16(22)13-17(25-19(18)23)14(2)11-9-12-24-26(6,7)20(3,4)5;1-2-3-4-8-5-6-9(7-10)11-8;1-2/h15-16,18-20,30H,9-14,17H2,1-8H3;13-14,22H,8-12H2,1-7H3;5-7H,2-4H2,1H3;2H,1H3. The number of aryl methyl sites for hydroxylation is 2. The molecule has 0 bridgehead atoms. The van der Waals surface area contributed by atoms with Crippen LogP contribution in [-0.2, 0) is 21.7 Å². The van der Waals surface area contributed by atoms with Crippen molar-refractivity contribution in [2.45, 2.75) is 215 Å². The molecule has 12 nitrogen and oxygen atoms in total. The van der Waals surface area contributed by atoms with Crippen LogP contribution in [0.3, 0.4) is 0 Å². The van der Waals surface area contributed by atoms with E-state index in [1.807, 2.05) is 52.0 Å². The molecular weight excluding hydrogens is 1020 g/mol. The van der Waals surface area contributed by atoms with E-state index in [4.69, 9.17) is 22.8 Å². The minimum absolute atomic E-state index is 0.0352. The van der Waals surface area contributed by atoms with Crippen LogP contribution >= 0.6 is 22.7 Å². The van der Waals surface area contributed by atoms with Gasteiger partial charge >= 0.3 is 11.3 Å². The number of aromatic hydroxyl groups is 2. The molecular formula is C59H94O12S2Si2. The maximum absolute atomic E-state index is 13.2. The molecule has 4 heterocycles. The third-order valence-electron chi connectivity index (χ3n) is 14.0. The summed E-state index contributed by atoms with van der Waals surface area (Å²) in [6, 6.07) is 10.9. The average Bonchev–Trinajstić information content (AvgIpc) is 4.01. The zero-order chi connectivity index (χ0) is 57.3. The van der Waals surface area contributed by atoms with Crippen LogP contribution in [0.2, 0.25) is 36.3 Å². The van der Waals surface area contributed by atoms with Gasteiger partial charge in [-0.2, -0.15) is 0 Å². The van der Waals surface area contributed by atoms with Crippen molar-refractivity contribution < 1.29 is 47.4 Å². The Morgan fingerprint density at radius 2 is 1.07 bits per heavy atom. The van der Waals surface area contributed by atoms with Gasteiger partial charge in [0.05, 0.1) is 4.88 Å². The fraction of sp³-hybridized carbons (Fsp3) is 0.610. The first kappa shape index (κ1) is 69.0. The van der Waals surface area contributed by atoms with Crippen LogP contribution in [0, 0.1) is 0 Å². The number of thiophene rings is 2. The van der Waals surface area contributed by atoms with Crippen LogP contribution in [0.5, 0.6) is 11.5 Å². The zero-order valence-corrected chi connectivity index (χ0v) is 52.3. The summed E-state index contributed by atoms with van der Waals surface area (Å²) in [6.45, 7) is 35.4. The molecule has 422 valence electrons. The van der Waals surface area contributed by atoms with Crippen LogP contribution in [0.1, 0.15) is 222 Å². The largest absolute Gasteiger partial charge is 0.507 e. The number of aliphatic hydroxyl groups is 1. The molecule has 2 atom stereocenters. The van der Waals surface area contributed by atoms with Crippen molar-refractivity contribution in [2.24, 2.45) is 0 Å². The number of hydrogen-bond donors (Lipinski definition) is 3. The molecule has 0 saturated heterocycles. The predicted molar refractivity (Wildman–Crippen MR) is 316 cm³/mol. The lowest BCUT2D eigenvalue weighted by molar-refractivity contribution is 0.0972. The van der Waals surface area contributed by atoms with Crippen molar-refractivity contribution in [1.29, 1.82) is 0 Å². The van der Waals surface area contributed by atoms with Crippen molar-refractivity contribution in [3.8, 4) is 11.5 Å². The van der Waals surface area contributed by atoms with E-state index in [0.717, 1.165) is 74.5 Å². The summed E-state index contributed by atoms with van der Waals surface area (Å²) in [5.74, 6) is -0.759. The maximum atomic E-state index is 13.2. The van der Waals surface area contributed by atoms with E-state index in [1.54, 1.807) is 22.7 Å². The van der Waals surface area contributed by atoms with Crippen molar-refractivity contribution in [3.05, 3.63) is 105 Å². The summed E-state index contributed by atoms with van der Waals surface area (Å²) in [4.78, 5) is 64.7. The fourth-order valence-electron chi connectivity index (χ4n) is 7.01. The molecule has 0 aliphatic heterocycles. The van der Waals surface area contributed by atoms with Gasteiger partial charge in [-0.05, 0) is 131 Å². The second-order valence-corrected chi connectivity index (χ2v) is 34.2. The monoisotopic (exact) mass is 1110 g/mol. The molecule has 0 saturated carbocycles. The Morgan fingerprint density at radius 1 is 0.653 bits per heavy atom. The number of rotatable bonds is 26. The lowest BCUT2D eigenvalue weighted by Crippen LogP contribution is -2.41. The van der Waals surface area contributed by atoms with Gasteiger partial charge in [0, 0.05) is 70.9 Å². The van der Waals surface area contributed by atoms with Crippen LogP contribution in [-0.4, -0.2) is 70.1 Å². The van der Waals surface area contributed by atoms with Crippen LogP contribution < -0.4 is 11.3 Å². The highest BCUT2D eigenvalue weighted by molar-refractivity contribution is 7.13. The predicted octanol–water partition coefficient (Wildman–Crippen LogP) is 16.1. The molecule has 4 aromatic rings. The highest BCUT2D eigenvalue weighted by Crippen LogP contribution is 2.38. The van der Waals surface area contributed by atoms with E-state index < -0.39 is 33.7 Å². The lowest BCUT2D eigenvalue weighted by atomic mass is 9.98. The minimum atomic E-state index is -1.80. The number of ketones is 2. The van der Waals surface area contributed by atoms with E-state index in [9.17, 15) is 34.2 Å². The number of Topliss-reactive ketones (excluding diaryl/α,β-unsaturated/α-hetero) is 2. The normalized spacial score (nSPS) is 12.9. The van der Waals surface area contributed by atoms with Gasteiger partial charge in [-0.15, -0.1) is 22.7 Å². The Labute approximate surface area is 459 Å². The molecule has 0 fully saturated rings. The van der Waals surface area contributed by atoms with E-state index in [-0.39, 0.29) is 56.7 Å². The molecule has 0 spiro atoms. The summed E-state index contributed by atoms with van der Waals surface area (Å²) in [6.07, 6.45) is 14.1. The maximum Gasteiger partial charge on any atom is 0.351 e. The van der Waals surface area contributed by atoms with Crippen LogP contribution in [0.25, 0.3) is 6.08 Å². The number of aliphatic hydroxyl groups excluding tert-OH is 1. The number of aldehydes is 1. The molecule has 0 aromatic carbocycles. The highest BCUT2D eigenvalue weighted by atomic mass is 32.1. The van der Waals surface area contributed by atoms with E-state index in [2.05, 4.69) is 87.6 Å². The third-order valence-corrected chi connectivity index (χ3v) is 25.2. The Balaban J connectivity index is 0.000000624. The number of allylic oxidation sites excluding steroid dienone is 1. The van der Waals surface area contributed by atoms with Gasteiger partial charge < -0.3 is 33.0 Å². The van der Waals surface area contributed by atoms with Crippen molar-refractivity contribution >= 4 is 63.2 Å². The molecule has 2 unspecified atom stereocenters. The van der Waals surface area contributed by atoms with Gasteiger partial charge in [0.25, 0.3) is 0 Å². The zero-order valence-electron chi connectivity index (χ0n) is 48.7. The van der Waals surface area contributed by atoms with E-state index in [1.165, 1.54) is 34.7 Å². The van der Waals surface area contributed by atoms with Crippen LogP contribution in [0.4, 0.5) is 0 Å². The molecule has 3 N–H and O–H groups in total. The van der Waals surface area contributed by atoms with Crippen molar-refractivity contribution in [3.63, 3.8) is 0 Å². The summed E-state index contributed by atoms with van der Waals surface area (Å²) in [5, 5.41) is 28.1. The molecule has 75 heavy (non-hydrogen) atoms. The Bertz CT molecular complexity index is 2500. The molecule has 0 aliphatic carbocycles. The Kier molecular flexibility index (Phi) is 30.6. The number of hydrogen-bond acceptors (Lipinski definition) is 14. The quantitative estimate of drug-likeness (QED) is 0.0178. The molecule has 4 aromatic heterocycles. The first-order valence-corrected chi connectivity index (χ1v) is 34.4. The van der Waals surface area contributed by atoms with E-state index >= 15 is 0 Å². The Morgan fingerprint density at radius 3 is 1.43 bits per heavy atom. The van der Waals surface area contributed by atoms with Gasteiger partial charge in [0.2, 0.25) is 0 Å². The molecule has 0 amide bonds. The van der Waals surface area contributed by atoms with E-state index in [0.29, 0.717) is 43.1 Å². The van der Waals surface area contributed by atoms with Gasteiger partial charge in [-0.25, -0.2) is 9.59 Å². The van der Waals surface area contributed by atoms with Crippen LogP contribution in [0.15, 0.2) is 60.4 Å². The number of carbonyl (C=O) groups excluding carboxylic acids is 3. The molecule has 0 aliphatic rings.